The van der Waals surface area contributed by atoms with Crippen LogP contribution in [0.2, 0.25) is 98.2 Å². The van der Waals surface area contributed by atoms with E-state index >= 15 is 0 Å². The third-order valence-corrected chi connectivity index (χ3v) is 8.68. The van der Waals surface area contributed by atoms with Gasteiger partial charge in [0.1, 0.15) is 18.3 Å². The van der Waals surface area contributed by atoms with Crippen molar-refractivity contribution in [2.45, 2.75) is 129 Å². The molecule has 1 rings (SSSR count). The largest absolute Gasteiger partial charge is 0.409 e. The number of hydrogen-bond donors (Lipinski definition) is 0. The molecule has 0 aliphatic carbocycles. The maximum Gasteiger partial charge on any atom is 0.187 e. The van der Waals surface area contributed by atoms with E-state index in [4.69, 9.17) is 26.9 Å². The van der Waals surface area contributed by atoms with Crippen LogP contribution in [0.1, 0.15) is 0 Å². The summed E-state index contributed by atoms with van der Waals surface area (Å²) in [5.74, 6) is 0. The summed E-state index contributed by atoms with van der Waals surface area (Å²) in [6, 6.07) is 0. The molecule has 6 nitrogen and oxygen atoms in total. The van der Waals surface area contributed by atoms with E-state index < -0.39 is 54.2 Å². The van der Waals surface area contributed by atoms with Gasteiger partial charge in [-0.2, -0.15) is 0 Å². The van der Waals surface area contributed by atoms with Crippen molar-refractivity contribution in [3.05, 3.63) is 0 Å². The van der Waals surface area contributed by atoms with Crippen LogP contribution in [0.15, 0.2) is 0 Å². The summed E-state index contributed by atoms with van der Waals surface area (Å²) >= 11 is 0. The van der Waals surface area contributed by atoms with Crippen LogP contribution >= 0.6 is 0 Å². The zero-order valence-electron chi connectivity index (χ0n) is 22.8. The highest BCUT2D eigenvalue weighted by atomic mass is 28.4. The average molecular weight is 527 g/mol. The molecule has 1 fully saturated rings. The molecule has 1 heterocycles. The fraction of sp³-hybridized carbons (Fsp3) is 1.00. The van der Waals surface area contributed by atoms with Crippen LogP contribution in [0.4, 0.5) is 0 Å². The Kier molecular flexibility index (Phi) is 9.85. The monoisotopic (exact) mass is 526 g/mol. The highest BCUT2D eigenvalue weighted by Crippen LogP contribution is 2.36. The molecule has 0 amide bonds. The molecule has 1 saturated heterocycles. The Morgan fingerprint density at radius 2 is 0.581 bits per heavy atom. The molecule has 0 bridgehead atoms. The molecule has 0 N–H and O–H groups in total. The smallest absolute Gasteiger partial charge is 0.187 e. The molecule has 11 heteroatoms. The highest BCUT2D eigenvalue weighted by molar-refractivity contribution is 6.71. The molecule has 31 heavy (non-hydrogen) atoms. The molecule has 0 aromatic carbocycles. The zero-order valence-corrected chi connectivity index (χ0v) is 27.8. The normalized spacial score (nSPS) is 29.3. The van der Waals surface area contributed by atoms with E-state index in [0.717, 1.165) is 0 Å². The minimum Gasteiger partial charge on any atom is -0.409 e. The third-order valence-electron chi connectivity index (χ3n) is 3.86. The Bertz CT molecular complexity index is 529. The van der Waals surface area contributed by atoms with Crippen LogP contribution in [0.5, 0.6) is 0 Å². The van der Waals surface area contributed by atoms with Crippen LogP contribution in [0, 0.1) is 0 Å². The summed E-state index contributed by atoms with van der Waals surface area (Å²) in [5.41, 5.74) is 0. The lowest BCUT2D eigenvalue weighted by atomic mass is 10.0. The van der Waals surface area contributed by atoms with Crippen LogP contribution in [0.25, 0.3) is 0 Å². The SMILES string of the molecule is C[Si](C)(C)OC1[C@@H](O[Si](C)(C)C)[C@H](O[Si](C)(C)C)O[C@H](O[Si](C)(C)C)[C@H]1O[Si](C)(C)C. The standard InChI is InChI=1S/C20H50O6Si5/c1-27(2,3)22-16-17(23-28(4,5)6)19(25-30(10,11)12)21-20(26-31(13,14)15)18(16)24-29(7,8)9/h16-20H,1-15H3/t16?,17-,18+,19+,20-. The molecule has 0 aromatic heterocycles. The molecule has 1 unspecified atom stereocenters. The van der Waals surface area contributed by atoms with Crippen molar-refractivity contribution in [2.24, 2.45) is 0 Å². The van der Waals surface area contributed by atoms with E-state index in [-0.39, 0.29) is 18.3 Å². The summed E-state index contributed by atoms with van der Waals surface area (Å²) < 4.78 is 39.9. The lowest BCUT2D eigenvalue weighted by molar-refractivity contribution is -0.308. The second-order valence-electron chi connectivity index (χ2n) is 13.4. The first-order valence-electron chi connectivity index (χ1n) is 11.5. The summed E-state index contributed by atoms with van der Waals surface area (Å²) in [5, 5.41) is 0. The van der Waals surface area contributed by atoms with Gasteiger partial charge in [0.15, 0.2) is 54.2 Å². The Labute approximate surface area is 197 Å². The molecule has 5 atom stereocenters. The molecule has 0 aromatic rings. The second kappa shape index (κ2) is 10.2. The first-order valence-corrected chi connectivity index (χ1v) is 28.5. The molecule has 0 saturated carbocycles. The number of hydrogen-bond acceptors (Lipinski definition) is 6. The van der Waals surface area contributed by atoms with Crippen molar-refractivity contribution >= 4 is 41.6 Å². The molecule has 186 valence electrons. The Morgan fingerprint density at radius 1 is 0.355 bits per heavy atom. The van der Waals surface area contributed by atoms with Crippen molar-refractivity contribution in [2.75, 3.05) is 0 Å². The van der Waals surface area contributed by atoms with Gasteiger partial charge in [0.2, 0.25) is 0 Å². The van der Waals surface area contributed by atoms with Gasteiger partial charge in [-0.25, -0.2) is 0 Å². The molecule has 1 aliphatic rings. The number of rotatable bonds is 10. The summed E-state index contributed by atoms with van der Waals surface area (Å²) in [4.78, 5) is 0. The van der Waals surface area contributed by atoms with Crippen LogP contribution in [0.3, 0.4) is 0 Å². The van der Waals surface area contributed by atoms with Gasteiger partial charge in [-0.15, -0.1) is 0 Å². The second-order valence-corrected chi connectivity index (χ2v) is 35.7. The van der Waals surface area contributed by atoms with E-state index in [1.807, 2.05) is 0 Å². The minimum atomic E-state index is -1.93. The van der Waals surface area contributed by atoms with Crippen LogP contribution < -0.4 is 0 Å². The van der Waals surface area contributed by atoms with Gasteiger partial charge in [0.05, 0.1) is 0 Å². The highest BCUT2D eigenvalue weighted by Gasteiger charge is 2.53. The summed E-state index contributed by atoms with van der Waals surface area (Å²) in [7, 11) is -9.61. The van der Waals surface area contributed by atoms with Crippen LogP contribution in [-0.4, -0.2) is 72.5 Å². The van der Waals surface area contributed by atoms with Gasteiger partial charge < -0.3 is 26.9 Å². The first-order chi connectivity index (χ1) is 13.5. The van der Waals surface area contributed by atoms with Crippen molar-refractivity contribution < 1.29 is 26.9 Å². The first kappa shape index (κ1) is 29.9. The Hall–Kier alpha value is 0.844. The predicted octanol–water partition coefficient (Wildman–Crippen LogP) is 6.03. The topological polar surface area (TPSA) is 55.4 Å². The van der Waals surface area contributed by atoms with Crippen molar-refractivity contribution in [3.8, 4) is 0 Å². The lowest BCUT2D eigenvalue weighted by Crippen LogP contribution is -2.67. The fourth-order valence-corrected chi connectivity index (χ4v) is 8.26. The number of ether oxygens (including phenoxy) is 1. The van der Waals surface area contributed by atoms with Crippen molar-refractivity contribution in [3.63, 3.8) is 0 Å². The Morgan fingerprint density at radius 3 is 0.806 bits per heavy atom. The quantitative estimate of drug-likeness (QED) is 0.324. The molecule has 1 aliphatic heterocycles. The predicted molar refractivity (Wildman–Crippen MR) is 142 cm³/mol. The van der Waals surface area contributed by atoms with Gasteiger partial charge in [0.25, 0.3) is 0 Å². The zero-order chi connectivity index (χ0) is 24.6. The van der Waals surface area contributed by atoms with E-state index in [1.54, 1.807) is 0 Å². The maximum atomic E-state index is 6.81. The Balaban J connectivity index is 3.54. The molecular formula is C20H50O6Si5. The van der Waals surface area contributed by atoms with E-state index in [1.165, 1.54) is 0 Å². The fourth-order valence-electron chi connectivity index (χ4n) is 3.27. The maximum absolute atomic E-state index is 6.81. The van der Waals surface area contributed by atoms with Gasteiger partial charge in [-0.3, -0.25) is 0 Å². The van der Waals surface area contributed by atoms with E-state index in [2.05, 4.69) is 98.2 Å². The molecule has 0 spiro atoms. The minimum absolute atomic E-state index is 0.290. The van der Waals surface area contributed by atoms with Gasteiger partial charge in [-0.1, -0.05) is 0 Å². The lowest BCUT2D eigenvalue weighted by Gasteiger charge is -2.52. The van der Waals surface area contributed by atoms with Gasteiger partial charge in [0, 0.05) is 0 Å². The van der Waals surface area contributed by atoms with Gasteiger partial charge >= 0.3 is 0 Å². The van der Waals surface area contributed by atoms with Crippen LogP contribution in [-0.2, 0) is 26.9 Å². The summed E-state index contributed by atoms with van der Waals surface area (Å²) in [6.45, 7) is 32.9. The van der Waals surface area contributed by atoms with Crippen molar-refractivity contribution in [1.82, 2.24) is 0 Å². The van der Waals surface area contributed by atoms with Crippen molar-refractivity contribution in [1.29, 1.82) is 0 Å². The average Bonchev–Trinajstić information content (AvgIpc) is 2.39. The molecule has 0 radical (unpaired) electrons. The van der Waals surface area contributed by atoms with E-state index in [0.29, 0.717) is 0 Å². The molecular weight excluding hydrogens is 477 g/mol. The van der Waals surface area contributed by atoms with Gasteiger partial charge in [-0.05, 0) is 98.2 Å². The summed E-state index contributed by atoms with van der Waals surface area (Å²) in [6.07, 6.45) is -2.02. The third kappa shape index (κ3) is 12.2. The van der Waals surface area contributed by atoms with E-state index in [9.17, 15) is 0 Å².